The minimum atomic E-state index is -1.02. The smallest absolute Gasteiger partial charge is 0.247 e. The zero-order valence-corrected chi connectivity index (χ0v) is 22.0. The summed E-state index contributed by atoms with van der Waals surface area (Å²) in [5.74, 6) is 0.0241. The number of rotatable bonds is 9. The largest absolute Gasteiger partial charge is 0.497 e. The van der Waals surface area contributed by atoms with Crippen molar-refractivity contribution in [3.63, 3.8) is 0 Å². The fourth-order valence-electron chi connectivity index (χ4n) is 5.38. The van der Waals surface area contributed by atoms with E-state index in [1.54, 1.807) is 35.9 Å². The zero-order valence-electron chi connectivity index (χ0n) is 22.0. The topological polar surface area (TPSA) is 83.8 Å². The van der Waals surface area contributed by atoms with Gasteiger partial charge in [0.05, 0.1) is 24.8 Å². The predicted molar refractivity (Wildman–Crippen MR) is 142 cm³/mol. The van der Waals surface area contributed by atoms with Crippen molar-refractivity contribution < 1.29 is 32.5 Å². The molecule has 1 N–H and O–H groups in total. The average molecular weight is 550 g/mol. The molecule has 8 nitrogen and oxygen atoms in total. The molecule has 4 aromatic rings. The summed E-state index contributed by atoms with van der Waals surface area (Å²) in [7, 11) is 1.57. The third-order valence-corrected chi connectivity index (χ3v) is 7.38. The lowest BCUT2D eigenvalue weighted by Crippen LogP contribution is -2.39. The summed E-state index contributed by atoms with van der Waals surface area (Å²) in [6.07, 6.45) is 3.90. The summed E-state index contributed by atoms with van der Waals surface area (Å²) in [6.45, 7) is 0.395. The first-order valence-electron chi connectivity index (χ1n) is 13.3. The monoisotopic (exact) mass is 549 g/mol. The van der Waals surface area contributed by atoms with Crippen molar-refractivity contribution in [2.24, 2.45) is 0 Å². The van der Waals surface area contributed by atoms with Crippen LogP contribution in [0.4, 0.5) is 8.78 Å². The van der Waals surface area contributed by atoms with Crippen molar-refractivity contribution in [3.05, 3.63) is 83.2 Å². The highest BCUT2D eigenvalue weighted by atomic mass is 19.2. The normalized spacial score (nSPS) is 15.5. The van der Waals surface area contributed by atoms with Crippen molar-refractivity contribution in [1.82, 2.24) is 14.9 Å². The molecule has 1 aliphatic carbocycles. The molecule has 0 spiro atoms. The van der Waals surface area contributed by atoms with Crippen LogP contribution in [0, 0.1) is 11.6 Å². The lowest BCUT2D eigenvalue weighted by Gasteiger charge is -2.24. The van der Waals surface area contributed by atoms with Crippen LogP contribution < -0.4 is 19.5 Å². The third-order valence-electron chi connectivity index (χ3n) is 7.38. The number of imidazole rings is 1. The number of aromatic nitrogens is 2. The Balaban J connectivity index is 1.37. The Kier molecular flexibility index (Phi) is 7.25. The highest BCUT2D eigenvalue weighted by Gasteiger charge is 2.30. The molecule has 10 heteroatoms. The molecule has 1 aliphatic heterocycles. The van der Waals surface area contributed by atoms with Gasteiger partial charge in [-0.3, -0.25) is 4.79 Å². The van der Waals surface area contributed by atoms with Gasteiger partial charge >= 0.3 is 0 Å². The highest BCUT2D eigenvalue weighted by Crippen LogP contribution is 2.33. The first-order valence-corrected chi connectivity index (χ1v) is 13.3. The van der Waals surface area contributed by atoms with Crippen LogP contribution in [0.1, 0.15) is 48.7 Å². The Bertz CT molecular complexity index is 1530. The van der Waals surface area contributed by atoms with Gasteiger partial charge in [0.15, 0.2) is 23.1 Å². The number of halogens is 2. The second-order valence-corrected chi connectivity index (χ2v) is 10.00. The van der Waals surface area contributed by atoms with E-state index >= 15 is 0 Å². The molecule has 2 aliphatic rings. The van der Waals surface area contributed by atoms with Crippen LogP contribution in [0.5, 0.6) is 17.2 Å². The molecule has 0 radical (unpaired) electrons. The summed E-state index contributed by atoms with van der Waals surface area (Å²) in [6, 6.07) is 13.9. The van der Waals surface area contributed by atoms with E-state index in [4.69, 9.17) is 18.9 Å². The number of ether oxygens (including phenoxy) is 4. The number of hydrogen-bond acceptors (Lipinski definition) is 6. The number of fused-ring (bicyclic) bond motifs is 2. The van der Waals surface area contributed by atoms with Gasteiger partial charge in [-0.15, -0.1) is 0 Å². The SMILES string of the molecule is COc1ccc(C(C(=O)NC2CCCC2)n2c(COCc3ccc4c(c3)OCO4)nc3cc(F)c(F)cc32)cc1. The van der Waals surface area contributed by atoms with Gasteiger partial charge in [-0.2, -0.15) is 0 Å². The molecule has 208 valence electrons. The minimum absolute atomic E-state index is 0.00424. The van der Waals surface area contributed by atoms with Gasteiger partial charge in [-0.1, -0.05) is 31.0 Å². The molecule has 0 bridgehead atoms. The Hall–Kier alpha value is -4.18. The van der Waals surface area contributed by atoms with Gasteiger partial charge in [0.25, 0.3) is 0 Å². The standard InChI is InChI=1S/C30H29F2N3O5/c1-37-21-9-7-19(8-10-21)29(30(36)33-20-4-2-3-5-20)35-25-14-23(32)22(31)13-24(25)34-28(35)16-38-15-18-6-11-26-27(12-18)40-17-39-26/h6-14,20,29H,2-5,15-17H2,1H3,(H,33,36). The van der Waals surface area contributed by atoms with Crippen LogP contribution in [-0.2, 0) is 22.7 Å². The third kappa shape index (κ3) is 5.19. The van der Waals surface area contributed by atoms with Crippen LogP contribution >= 0.6 is 0 Å². The van der Waals surface area contributed by atoms with Crippen LogP contribution in [-0.4, -0.2) is 35.4 Å². The molecule has 40 heavy (non-hydrogen) atoms. The van der Waals surface area contributed by atoms with Gasteiger partial charge < -0.3 is 28.8 Å². The molecule has 3 aromatic carbocycles. The summed E-state index contributed by atoms with van der Waals surface area (Å²) in [5, 5.41) is 3.16. The molecule has 1 fully saturated rings. The predicted octanol–water partition coefficient (Wildman–Crippen LogP) is 5.42. The molecular weight excluding hydrogens is 520 g/mol. The Labute approximate surface area is 229 Å². The van der Waals surface area contributed by atoms with Crippen LogP contribution in [0.15, 0.2) is 54.6 Å². The van der Waals surface area contributed by atoms with Crippen LogP contribution in [0.25, 0.3) is 11.0 Å². The molecule has 0 saturated heterocycles. The fraction of sp³-hybridized carbons (Fsp3) is 0.333. The van der Waals surface area contributed by atoms with E-state index in [1.807, 2.05) is 18.2 Å². The minimum Gasteiger partial charge on any atom is -0.497 e. The number of benzene rings is 3. The van der Waals surface area contributed by atoms with E-state index in [0.29, 0.717) is 34.2 Å². The van der Waals surface area contributed by atoms with Gasteiger partial charge in [0, 0.05) is 18.2 Å². The molecule has 1 saturated carbocycles. The first-order chi connectivity index (χ1) is 19.5. The maximum atomic E-state index is 14.5. The highest BCUT2D eigenvalue weighted by molar-refractivity contribution is 5.87. The summed E-state index contributed by atoms with van der Waals surface area (Å²) >= 11 is 0. The molecule has 2 heterocycles. The number of carbonyl (C=O) groups excluding carboxylic acids is 1. The van der Waals surface area contributed by atoms with Gasteiger partial charge in [-0.05, 0) is 48.2 Å². The first kappa shape index (κ1) is 26.1. The lowest BCUT2D eigenvalue weighted by molar-refractivity contribution is -0.123. The van der Waals surface area contributed by atoms with E-state index in [1.165, 1.54) is 0 Å². The van der Waals surface area contributed by atoms with Crippen molar-refractivity contribution >= 4 is 16.9 Å². The van der Waals surface area contributed by atoms with E-state index in [0.717, 1.165) is 43.4 Å². The van der Waals surface area contributed by atoms with E-state index in [2.05, 4.69) is 10.3 Å². The number of carbonyl (C=O) groups is 1. The van der Waals surface area contributed by atoms with Crippen molar-refractivity contribution in [2.75, 3.05) is 13.9 Å². The zero-order chi connectivity index (χ0) is 27.6. The molecule has 1 amide bonds. The Morgan fingerprint density at radius 2 is 1.77 bits per heavy atom. The van der Waals surface area contributed by atoms with Crippen LogP contribution in [0.3, 0.4) is 0 Å². The van der Waals surface area contributed by atoms with Gasteiger partial charge in [-0.25, -0.2) is 13.8 Å². The molecule has 1 unspecified atom stereocenters. The second-order valence-electron chi connectivity index (χ2n) is 10.00. The quantitative estimate of drug-likeness (QED) is 0.300. The van der Waals surface area contributed by atoms with E-state index in [-0.39, 0.29) is 37.5 Å². The maximum Gasteiger partial charge on any atom is 0.247 e. The number of hydrogen-bond donors (Lipinski definition) is 1. The van der Waals surface area contributed by atoms with Crippen LogP contribution in [0.2, 0.25) is 0 Å². The molecule has 6 rings (SSSR count). The Morgan fingerprint density at radius 3 is 2.55 bits per heavy atom. The van der Waals surface area contributed by atoms with Gasteiger partial charge in [0.2, 0.25) is 12.7 Å². The number of nitrogens with one attached hydrogen (secondary N) is 1. The van der Waals surface area contributed by atoms with Crippen molar-refractivity contribution in [2.45, 2.75) is 51.0 Å². The average Bonchev–Trinajstić information content (AvgIpc) is 3.71. The fourth-order valence-corrected chi connectivity index (χ4v) is 5.38. The van der Waals surface area contributed by atoms with Gasteiger partial charge in [0.1, 0.15) is 24.2 Å². The summed E-state index contributed by atoms with van der Waals surface area (Å²) in [5.41, 5.74) is 2.03. The number of methoxy groups -OCH3 is 1. The van der Waals surface area contributed by atoms with E-state index in [9.17, 15) is 13.6 Å². The molecule has 1 atom stereocenters. The molecular formula is C30H29F2N3O5. The summed E-state index contributed by atoms with van der Waals surface area (Å²) in [4.78, 5) is 18.5. The second kappa shape index (κ2) is 11.1. The van der Waals surface area contributed by atoms with E-state index < -0.39 is 17.7 Å². The summed E-state index contributed by atoms with van der Waals surface area (Å²) < 4.78 is 52.5. The number of nitrogens with zero attached hydrogens (tertiary/aromatic N) is 2. The van der Waals surface area contributed by atoms with Crippen molar-refractivity contribution in [3.8, 4) is 17.2 Å². The maximum absolute atomic E-state index is 14.5. The van der Waals surface area contributed by atoms with Crippen molar-refractivity contribution in [1.29, 1.82) is 0 Å². The lowest BCUT2D eigenvalue weighted by atomic mass is 10.0. The molecule has 1 aromatic heterocycles. The number of amides is 1. The Morgan fingerprint density at radius 1 is 1.02 bits per heavy atom.